The van der Waals surface area contributed by atoms with Crippen LogP contribution in [0.1, 0.15) is 32.6 Å². The maximum atomic E-state index is 5.35. The summed E-state index contributed by atoms with van der Waals surface area (Å²) >= 11 is 1.91. The van der Waals surface area contributed by atoms with Crippen LogP contribution in [0.3, 0.4) is 0 Å². The van der Waals surface area contributed by atoms with Crippen molar-refractivity contribution in [3.63, 3.8) is 0 Å². The Morgan fingerprint density at radius 1 is 1.04 bits per heavy atom. The molecule has 0 radical (unpaired) electrons. The van der Waals surface area contributed by atoms with Crippen molar-refractivity contribution in [2.45, 2.75) is 42.8 Å². The maximum Gasteiger partial charge on any atom is 0.132 e. The molecule has 0 N–H and O–H groups in total. The summed E-state index contributed by atoms with van der Waals surface area (Å²) in [6.07, 6.45) is 4.64. The number of allylic oxidation sites excluding steroid dienone is 1. The highest BCUT2D eigenvalue weighted by atomic mass is 32.2. The number of benzene rings is 1. The lowest BCUT2D eigenvalue weighted by atomic mass is 9.94. The third-order valence-corrected chi connectivity index (χ3v) is 5.85. The first-order chi connectivity index (χ1) is 11.7. The Labute approximate surface area is 150 Å². The van der Waals surface area contributed by atoms with E-state index in [9.17, 15) is 0 Å². The molecule has 1 aromatic carbocycles. The second kappa shape index (κ2) is 10.8. The van der Waals surface area contributed by atoms with Gasteiger partial charge in [0.1, 0.15) is 5.75 Å². The van der Waals surface area contributed by atoms with Gasteiger partial charge in [-0.25, -0.2) is 0 Å². The van der Waals surface area contributed by atoms with Gasteiger partial charge in [0.25, 0.3) is 0 Å². The first-order valence-corrected chi connectivity index (χ1v) is 9.69. The summed E-state index contributed by atoms with van der Waals surface area (Å²) in [5.74, 6) is 1.72. The zero-order valence-electron chi connectivity index (χ0n) is 15.0. The molecule has 2 fully saturated rings. The van der Waals surface area contributed by atoms with Gasteiger partial charge in [-0.3, -0.25) is 0 Å². The lowest BCUT2D eigenvalue weighted by Crippen LogP contribution is -2.17. The van der Waals surface area contributed by atoms with Crippen LogP contribution in [-0.2, 0) is 9.47 Å². The predicted octanol–water partition coefficient (Wildman–Crippen LogP) is 4.96. The summed E-state index contributed by atoms with van der Waals surface area (Å²) in [7, 11) is 1.73. The number of rotatable bonds is 4. The van der Waals surface area contributed by atoms with Gasteiger partial charge in [0.15, 0.2) is 0 Å². The van der Waals surface area contributed by atoms with Gasteiger partial charge in [0, 0.05) is 36.6 Å². The molecule has 0 aromatic heterocycles. The minimum atomic E-state index is 0.676. The predicted molar refractivity (Wildman–Crippen MR) is 101 cm³/mol. The van der Waals surface area contributed by atoms with E-state index in [1.807, 2.05) is 23.9 Å². The van der Waals surface area contributed by atoms with Crippen molar-refractivity contribution < 1.29 is 14.2 Å². The summed E-state index contributed by atoms with van der Waals surface area (Å²) in [5, 5.41) is 0.676. The van der Waals surface area contributed by atoms with E-state index in [0.717, 1.165) is 50.9 Å². The number of ether oxygens (including phenoxy) is 3. The van der Waals surface area contributed by atoms with Crippen molar-refractivity contribution in [3.05, 3.63) is 36.4 Å². The second-order valence-electron chi connectivity index (χ2n) is 6.31. The van der Waals surface area contributed by atoms with Gasteiger partial charge < -0.3 is 14.2 Å². The van der Waals surface area contributed by atoms with Crippen LogP contribution in [0.2, 0.25) is 0 Å². The van der Waals surface area contributed by atoms with Gasteiger partial charge in [-0.2, -0.15) is 0 Å². The second-order valence-corrected chi connectivity index (χ2v) is 7.66. The standard InChI is InChI=1S/C12H16O2S.C8H14O/c1-13-11-4-2-3-5-12(11)15-10-6-8-14-9-7-10;1-7(2)8-3-5-9-6-4-8/h2-5,10H,6-9H2,1H3;8H,1,3-6H2,2H3. The van der Waals surface area contributed by atoms with E-state index in [1.165, 1.54) is 23.3 Å². The van der Waals surface area contributed by atoms with E-state index in [-0.39, 0.29) is 0 Å². The number of methoxy groups -OCH3 is 1. The zero-order valence-corrected chi connectivity index (χ0v) is 15.8. The van der Waals surface area contributed by atoms with Crippen LogP contribution in [0.5, 0.6) is 5.75 Å². The molecule has 0 aliphatic carbocycles. The third-order valence-electron chi connectivity index (χ3n) is 4.45. The van der Waals surface area contributed by atoms with Gasteiger partial charge in [-0.1, -0.05) is 24.3 Å². The van der Waals surface area contributed by atoms with Gasteiger partial charge in [0.2, 0.25) is 0 Å². The van der Waals surface area contributed by atoms with E-state index < -0.39 is 0 Å². The molecule has 2 aliphatic rings. The van der Waals surface area contributed by atoms with E-state index >= 15 is 0 Å². The summed E-state index contributed by atoms with van der Waals surface area (Å²) in [4.78, 5) is 1.24. The fraction of sp³-hybridized carbons (Fsp3) is 0.600. The van der Waals surface area contributed by atoms with Crippen LogP contribution in [0, 0.1) is 5.92 Å². The Hall–Kier alpha value is -0.970. The lowest BCUT2D eigenvalue weighted by Gasteiger charge is -2.22. The van der Waals surface area contributed by atoms with E-state index in [1.54, 1.807) is 7.11 Å². The molecule has 0 saturated carbocycles. The quantitative estimate of drug-likeness (QED) is 0.718. The molecule has 2 aliphatic heterocycles. The zero-order chi connectivity index (χ0) is 17.2. The summed E-state index contributed by atoms with van der Waals surface area (Å²) < 4.78 is 15.9. The fourth-order valence-electron chi connectivity index (χ4n) is 2.88. The maximum absolute atomic E-state index is 5.35. The Bertz CT molecular complexity index is 491. The summed E-state index contributed by atoms with van der Waals surface area (Å²) in [6.45, 7) is 9.68. The number of para-hydroxylation sites is 1. The normalized spacial score (nSPS) is 19.2. The Balaban J connectivity index is 0.000000198. The molecule has 4 heteroatoms. The van der Waals surface area contributed by atoms with Crippen molar-refractivity contribution in [3.8, 4) is 5.75 Å². The first kappa shape index (κ1) is 19.4. The van der Waals surface area contributed by atoms with Crippen molar-refractivity contribution in [2.24, 2.45) is 5.92 Å². The topological polar surface area (TPSA) is 27.7 Å². The van der Waals surface area contributed by atoms with Crippen LogP contribution >= 0.6 is 11.8 Å². The molecule has 0 atom stereocenters. The number of hydrogen-bond donors (Lipinski definition) is 0. The first-order valence-electron chi connectivity index (χ1n) is 8.81. The molecule has 3 rings (SSSR count). The van der Waals surface area contributed by atoms with E-state index in [4.69, 9.17) is 14.2 Å². The average molecular weight is 351 g/mol. The van der Waals surface area contributed by atoms with E-state index in [2.05, 4.69) is 25.6 Å². The number of thioether (sulfide) groups is 1. The Morgan fingerprint density at radius 3 is 2.17 bits per heavy atom. The highest BCUT2D eigenvalue weighted by molar-refractivity contribution is 8.00. The largest absolute Gasteiger partial charge is 0.496 e. The molecule has 0 amide bonds. The van der Waals surface area contributed by atoms with Gasteiger partial charge >= 0.3 is 0 Å². The smallest absolute Gasteiger partial charge is 0.132 e. The molecular weight excluding hydrogens is 320 g/mol. The molecule has 0 unspecified atom stereocenters. The average Bonchev–Trinajstić information content (AvgIpc) is 2.64. The third kappa shape index (κ3) is 6.50. The summed E-state index contributed by atoms with van der Waals surface area (Å²) in [5.41, 5.74) is 1.32. The molecule has 24 heavy (non-hydrogen) atoms. The minimum Gasteiger partial charge on any atom is -0.496 e. The van der Waals surface area contributed by atoms with Gasteiger partial charge in [0.05, 0.1) is 7.11 Å². The summed E-state index contributed by atoms with van der Waals surface area (Å²) in [6, 6.07) is 8.21. The molecule has 1 aromatic rings. The van der Waals surface area contributed by atoms with Gasteiger partial charge in [-0.15, -0.1) is 11.8 Å². The van der Waals surface area contributed by atoms with Crippen molar-refractivity contribution >= 4 is 11.8 Å². The highest BCUT2D eigenvalue weighted by Gasteiger charge is 2.16. The Morgan fingerprint density at radius 2 is 1.62 bits per heavy atom. The molecule has 0 spiro atoms. The van der Waals surface area contributed by atoms with Crippen molar-refractivity contribution in [1.82, 2.24) is 0 Å². The molecule has 2 saturated heterocycles. The van der Waals surface area contributed by atoms with Gasteiger partial charge in [-0.05, 0) is 50.7 Å². The van der Waals surface area contributed by atoms with Crippen LogP contribution in [0.15, 0.2) is 41.3 Å². The van der Waals surface area contributed by atoms with Crippen LogP contribution in [0.25, 0.3) is 0 Å². The van der Waals surface area contributed by atoms with Crippen LogP contribution < -0.4 is 4.74 Å². The molecule has 0 bridgehead atoms. The monoisotopic (exact) mass is 350 g/mol. The Kier molecular flexibility index (Phi) is 8.71. The highest BCUT2D eigenvalue weighted by Crippen LogP contribution is 2.35. The molecule has 134 valence electrons. The number of hydrogen-bond acceptors (Lipinski definition) is 4. The molecule has 2 heterocycles. The molecular formula is C20H30O3S. The van der Waals surface area contributed by atoms with Crippen LogP contribution in [-0.4, -0.2) is 38.8 Å². The van der Waals surface area contributed by atoms with Crippen LogP contribution in [0.4, 0.5) is 0 Å². The van der Waals surface area contributed by atoms with Crippen molar-refractivity contribution in [2.75, 3.05) is 33.5 Å². The lowest BCUT2D eigenvalue weighted by molar-refractivity contribution is 0.0759. The van der Waals surface area contributed by atoms with E-state index in [0.29, 0.717) is 5.25 Å². The minimum absolute atomic E-state index is 0.676. The van der Waals surface area contributed by atoms with Crippen molar-refractivity contribution in [1.29, 1.82) is 0 Å². The fourth-order valence-corrected chi connectivity index (χ4v) is 4.09. The molecule has 3 nitrogen and oxygen atoms in total. The SMILES string of the molecule is C=C(C)C1CCOCC1.COc1ccccc1SC1CCOCC1.